The first-order valence-corrected chi connectivity index (χ1v) is 7.44. The number of aliphatic hydroxyl groups is 1. The Morgan fingerprint density at radius 3 is 2.95 bits per heavy atom. The van der Waals surface area contributed by atoms with E-state index in [1.807, 2.05) is 37.4 Å². The third-order valence-electron chi connectivity index (χ3n) is 3.75. The normalized spacial score (nSPS) is 21.2. The summed E-state index contributed by atoms with van der Waals surface area (Å²) in [5.41, 5.74) is 1.15. The minimum absolute atomic E-state index is 0.396. The fourth-order valence-corrected chi connectivity index (χ4v) is 2.77. The maximum atomic E-state index is 10.0. The highest BCUT2D eigenvalue weighted by atomic mass is 16.5. The number of ether oxygens (including phenoxy) is 1. The summed E-state index contributed by atoms with van der Waals surface area (Å²) in [6.45, 7) is 4.92. The summed E-state index contributed by atoms with van der Waals surface area (Å²) >= 11 is 0. The Labute approximate surface area is 121 Å². The average molecular weight is 278 g/mol. The van der Waals surface area contributed by atoms with Crippen LogP contribution in [0.5, 0.6) is 0 Å². The van der Waals surface area contributed by atoms with Gasteiger partial charge in [-0.2, -0.15) is 0 Å². The molecule has 1 saturated heterocycles. The van der Waals surface area contributed by atoms with E-state index in [-0.39, 0.29) is 0 Å². The zero-order chi connectivity index (χ0) is 14.2. The number of hydrogen-bond acceptors (Lipinski definition) is 4. The topological polar surface area (TPSA) is 44.7 Å². The first-order valence-electron chi connectivity index (χ1n) is 7.44. The van der Waals surface area contributed by atoms with E-state index in [0.717, 1.165) is 37.7 Å². The highest BCUT2D eigenvalue weighted by molar-refractivity contribution is 5.13. The van der Waals surface area contributed by atoms with Gasteiger partial charge in [-0.1, -0.05) is 30.3 Å². The third kappa shape index (κ3) is 5.21. The van der Waals surface area contributed by atoms with Crippen molar-refractivity contribution in [1.29, 1.82) is 0 Å². The summed E-state index contributed by atoms with van der Waals surface area (Å²) in [6, 6.07) is 10.1. The predicted molar refractivity (Wildman–Crippen MR) is 80.6 cm³/mol. The van der Waals surface area contributed by atoms with E-state index < -0.39 is 6.10 Å². The monoisotopic (exact) mass is 278 g/mol. The zero-order valence-corrected chi connectivity index (χ0v) is 12.3. The van der Waals surface area contributed by atoms with Crippen molar-refractivity contribution >= 4 is 0 Å². The van der Waals surface area contributed by atoms with Gasteiger partial charge in [0.1, 0.15) is 0 Å². The molecule has 0 bridgehead atoms. The minimum atomic E-state index is -0.396. The molecule has 0 radical (unpaired) electrons. The van der Waals surface area contributed by atoms with Crippen molar-refractivity contribution in [3.63, 3.8) is 0 Å². The Bertz CT molecular complexity index is 372. The van der Waals surface area contributed by atoms with Gasteiger partial charge in [0.15, 0.2) is 0 Å². The van der Waals surface area contributed by atoms with Crippen molar-refractivity contribution in [3.8, 4) is 0 Å². The summed E-state index contributed by atoms with van der Waals surface area (Å²) in [4.78, 5) is 2.33. The van der Waals surface area contributed by atoms with Gasteiger partial charge in [0.2, 0.25) is 0 Å². The molecule has 2 rings (SSSR count). The molecule has 1 aromatic rings. The standard InChI is InChI=1S/C16H26N2O2/c1-17-9-15-7-8-18(10-15)11-16(19)13-20-12-14-5-3-2-4-6-14/h2-6,15-17,19H,7-13H2,1H3. The molecule has 4 heteroatoms. The van der Waals surface area contributed by atoms with E-state index in [0.29, 0.717) is 13.2 Å². The number of nitrogens with one attached hydrogen (secondary N) is 1. The molecule has 1 aliphatic heterocycles. The van der Waals surface area contributed by atoms with Gasteiger partial charge in [-0.05, 0) is 38.0 Å². The Balaban J connectivity index is 1.60. The van der Waals surface area contributed by atoms with E-state index in [2.05, 4.69) is 10.2 Å². The van der Waals surface area contributed by atoms with Crippen LogP contribution in [0, 0.1) is 5.92 Å². The van der Waals surface area contributed by atoms with Crippen molar-refractivity contribution in [2.45, 2.75) is 19.1 Å². The lowest BCUT2D eigenvalue weighted by molar-refractivity contribution is 0.0129. The maximum Gasteiger partial charge on any atom is 0.0900 e. The van der Waals surface area contributed by atoms with Gasteiger partial charge < -0.3 is 20.1 Å². The van der Waals surface area contributed by atoms with Gasteiger partial charge in [0.05, 0.1) is 19.3 Å². The van der Waals surface area contributed by atoms with Crippen LogP contribution in [0.15, 0.2) is 30.3 Å². The molecule has 112 valence electrons. The summed E-state index contributed by atoms with van der Waals surface area (Å²) in [5, 5.41) is 13.2. The van der Waals surface area contributed by atoms with Crippen LogP contribution in [0.3, 0.4) is 0 Å². The maximum absolute atomic E-state index is 10.0. The van der Waals surface area contributed by atoms with Gasteiger partial charge in [-0.25, -0.2) is 0 Å². The second-order valence-corrected chi connectivity index (χ2v) is 5.63. The SMILES string of the molecule is CNCC1CCN(CC(O)COCc2ccccc2)C1. The van der Waals surface area contributed by atoms with Crippen LogP contribution in [-0.2, 0) is 11.3 Å². The zero-order valence-electron chi connectivity index (χ0n) is 12.3. The Hall–Kier alpha value is -0.940. The molecular weight excluding hydrogens is 252 g/mol. The number of benzene rings is 1. The van der Waals surface area contributed by atoms with Crippen molar-refractivity contribution in [3.05, 3.63) is 35.9 Å². The van der Waals surface area contributed by atoms with E-state index >= 15 is 0 Å². The Morgan fingerprint density at radius 2 is 2.20 bits per heavy atom. The number of aliphatic hydroxyl groups excluding tert-OH is 1. The molecule has 20 heavy (non-hydrogen) atoms. The molecule has 2 atom stereocenters. The summed E-state index contributed by atoms with van der Waals surface area (Å²) in [7, 11) is 1.99. The van der Waals surface area contributed by atoms with Gasteiger partial charge in [0.25, 0.3) is 0 Å². The fraction of sp³-hybridized carbons (Fsp3) is 0.625. The molecular formula is C16H26N2O2. The summed E-state index contributed by atoms with van der Waals surface area (Å²) in [5.74, 6) is 0.720. The van der Waals surface area contributed by atoms with E-state index in [1.54, 1.807) is 0 Å². The lowest BCUT2D eigenvalue weighted by Gasteiger charge is -2.20. The quantitative estimate of drug-likeness (QED) is 0.747. The highest BCUT2D eigenvalue weighted by Gasteiger charge is 2.23. The van der Waals surface area contributed by atoms with Gasteiger partial charge >= 0.3 is 0 Å². The molecule has 0 spiro atoms. The molecule has 0 aliphatic carbocycles. The van der Waals surface area contributed by atoms with Gasteiger partial charge in [-0.15, -0.1) is 0 Å². The van der Waals surface area contributed by atoms with Crippen LogP contribution in [-0.4, -0.2) is 55.9 Å². The van der Waals surface area contributed by atoms with Crippen LogP contribution >= 0.6 is 0 Å². The van der Waals surface area contributed by atoms with Crippen LogP contribution in [0.4, 0.5) is 0 Å². The van der Waals surface area contributed by atoms with Crippen molar-refractivity contribution in [2.75, 3.05) is 39.8 Å². The predicted octanol–water partition coefficient (Wildman–Crippen LogP) is 1.11. The summed E-state index contributed by atoms with van der Waals surface area (Å²) in [6.07, 6.45) is 0.824. The molecule has 0 amide bonds. The number of likely N-dealkylation sites (tertiary alicyclic amines) is 1. The molecule has 4 nitrogen and oxygen atoms in total. The fourth-order valence-electron chi connectivity index (χ4n) is 2.77. The second-order valence-electron chi connectivity index (χ2n) is 5.63. The van der Waals surface area contributed by atoms with Gasteiger partial charge in [0, 0.05) is 13.1 Å². The smallest absolute Gasteiger partial charge is 0.0900 e. The minimum Gasteiger partial charge on any atom is -0.389 e. The molecule has 1 heterocycles. The number of rotatable bonds is 8. The number of hydrogen-bond donors (Lipinski definition) is 2. The van der Waals surface area contributed by atoms with Crippen LogP contribution in [0.1, 0.15) is 12.0 Å². The molecule has 0 saturated carbocycles. The van der Waals surface area contributed by atoms with Crippen LogP contribution in [0.25, 0.3) is 0 Å². The first-order chi connectivity index (χ1) is 9.78. The first kappa shape index (κ1) is 15.4. The van der Waals surface area contributed by atoms with Crippen LogP contribution in [0.2, 0.25) is 0 Å². The lowest BCUT2D eigenvalue weighted by Crippen LogP contribution is -2.34. The van der Waals surface area contributed by atoms with E-state index in [4.69, 9.17) is 4.74 Å². The molecule has 1 aromatic carbocycles. The van der Waals surface area contributed by atoms with Crippen molar-refractivity contribution in [2.24, 2.45) is 5.92 Å². The molecule has 2 N–H and O–H groups in total. The van der Waals surface area contributed by atoms with Crippen LogP contribution < -0.4 is 5.32 Å². The Morgan fingerprint density at radius 1 is 1.40 bits per heavy atom. The van der Waals surface area contributed by atoms with Crippen molar-refractivity contribution in [1.82, 2.24) is 10.2 Å². The number of nitrogens with zero attached hydrogens (tertiary/aromatic N) is 1. The number of β-amino-alcohol motifs (C(OH)–C–C–N with tert-alkyl or cyclic N) is 1. The van der Waals surface area contributed by atoms with E-state index in [9.17, 15) is 5.11 Å². The van der Waals surface area contributed by atoms with E-state index in [1.165, 1.54) is 6.42 Å². The largest absolute Gasteiger partial charge is 0.389 e. The highest BCUT2D eigenvalue weighted by Crippen LogP contribution is 2.15. The second kappa shape index (κ2) is 8.37. The molecule has 0 aromatic heterocycles. The molecule has 2 unspecified atom stereocenters. The average Bonchev–Trinajstić information content (AvgIpc) is 2.88. The summed E-state index contributed by atoms with van der Waals surface area (Å²) < 4.78 is 5.58. The van der Waals surface area contributed by atoms with Crippen molar-refractivity contribution < 1.29 is 9.84 Å². The molecule has 1 aliphatic rings. The third-order valence-corrected chi connectivity index (χ3v) is 3.75. The lowest BCUT2D eigenvalue weighted by atomic mass is 10.1. The van der Waals surface area contributed by atoms with Gasteiger partial charge in [-0.3, -0.25) is 0 Å². The molecule has 1 fully saturated rings. The Kier molecular flexibility index (Phi) is 6.47.